The normalized spacial score (nSPS) is 12.3. The summed E-state index contributed by atoms with van der Waals surface area (Å²) >= 11 is 0. The minimum absolute atomic E-state index is 0.107. The number of nitrogens with one attached hydrogen (secondary N) is 1. The topological polar surface area (TPSA) is 96.0 Å². The van der Waals surface area contributed by atoms with Gasteiger partial charge < -0.3 is 15.0 Å². The van der Waals surface area contributed by atoms with Crippen LogP contribution in [0.1, 0.15) is 24.5 Å². The van der Waals surface area contributed by atoms with E-state index in [9.17, 15) is 18.0 Å². The van der Waals surface area contributed by atoms with Gasteiger partial charge in [-0.3, -0.25) is 9.59 Å². The van der Waals surface area contributed by atoms with Crippen molar-refractivity contribution >= 4 is 21.8 Å². The van der Waals surface area contributed by atoms with Crippen LogP contribution in [0.15, 0.2) is 53.4 Å². The molecule has 0 aliphatic rings. The third kappa shape index (κ3) is 6.08. The van der Waals surface area contributed by atoms with Crippen LogP contribution >= 0.6 is 0 Å². The molecular weight excluding hydrogens is 430 g/mol. The summed E-state index contributed by atoms with van der Waals surface area (Å²) in [6.45, 7) is 3.41. The van der Waals surface area contributed by atoms with E-state index in [1.165, 1.54) is 31.1 Å². The highest BCUT2D eigenvalue weighted by atomic mass is 32.2. The SMILES string of the molecule is CC[C@@H](C(=O)NC)N(Cc1cccc(OC)c1)C(=O)CN(C)S(=O)(=O)c1ccc(C)cc1. The second-order valence-corrected chi connectivity index (χ2v) is 9.53. The van der Waals surface area contributed by atoms with Crippen molar-refractivity contribution in [2.75, 3.05) is 27.7 Å². The molecule has 2 amide bonds. The van der Waals surface area contributed by atoms with Gasteiger partial charge in [-0.1, -0.05) is 36.8 Å². The Kier molecular flexibility index (Phi) is 8.80. The number of likely N-dealkylation sites (N-methyl/N-ethyl adjacent to an activating group) is 2. The number of nitrogens with zero attached hydrogens (tertiary/aromatic N) is 2. The fourth-order valence-corrected chi connectivity index (χ4v) is 4.43. The zero-order valence-corrected chi connectivity index (χ0v) is 20.0. The van der Waals surface area contributed by atoms with Crippen LogP contribution in [0.5, 0.6) is 5.75 Å². The number of aryl methyl sites for hydroxylation is 1. The van der Waals surface area contributed by atoms with Gasteiger partial charge >= 0.3 is 0 Å². The number of rotatable bonds is 10. The van der Waals surface area contributed by atoms with Crippen molar-refractivity contribution < 1.29 is 22.7 Å². The monoisotopic (exact) mass is 461 g/mol. The predicted molar refractivity (Wildman–Crippen MR) is 123 cm³/mol. The van der Waals surface area contributed by atoms with Crippen LogP contribution in [0.25, 0.3) is 0 Å². The third-order valence-electron chi connectivity index (χ3n) is 5.21. The van der Waals surface area contributed by atoms with Crippen molar-refractivity contribution in [3.63, 3.8) is 0 Å². The van der Waals surface area contributed by atoms with Crippen LogP contribution in [0.4, 0.5) is 0 Å². The minimum Gasteiger partial charge on any atom is -0.497 e. The third-order valence-corrected chi connectivity index (χ3v) is 7.02. The Morgan fingerprint density at radius 2 is 1.78 bits per heavy atom. The second-order valence-electron chi connectivity index (χ2n) is 7.49. The summed E-state index contributed by atoms with van der Waals surface area (Å²) in [5, 5.41) is 2.58. The van der Waals surface area contributed by atoms with Crippen molar-refractivity contribution in [2.45, 2.75) is 37.8 Å². The van der Waals surface area contributed by atoms with Gasteiger partial charge in [0.1, 0.15) is 11.8 Å². The molecule has 0 spiro atoms. The van der Waals surface area contributed by atoms with Crippen molar-refractivity contribution in [3.8, 4) is 5.75 Å². The van der Waals surface area contributed by atoms with E-state index in [1.54, 1.807) is 44.4 Å². The Hall–Kier alpha value is -2.91. The molecule has 0 bridgehead atoms. The first-order valence-corrected chi connectivity index (χ1v) is 11.7. The largest absolute Gasteiger partial charge is 0.497 e. The maximum Gasteiger partial charge on any atom is 0.243 e. The first kappa shape index (κ1) is 25.4. The Morgan fingerprint density at radius 3 is 2.34 bits per heavy atom. The van der Waals surface area contributed by atoms with E-state index in [2.05, 4.69) is 5.32 Å². The molecule has 0 saturated carbocycles. The van der Waals surface area contributed by atoms with Gasteiger partial charge in [0.15, 0.2) is 0 Å². The number of carbonyl (C=O) groups is 2. The maximum atomic E-state index is 13.3. The summed E-state index contributed by atoms with van der Waals surface area (Å²) in [7, 11) is 0.553. The highest BCUT2D eigenvalue weighted by molar-refractivity contribution is 7.89. The van der Waals surface area contributed by atoms with Crippen molar-refractivity contribution in [3.05, 3.63) is 59.7 Å². The van der Waals surface area contributed by atoms with E-state index in [1.807, 2.05) is 13.0 Å². The number of carbonyl (C=O) groups excluding carboxylic acids is 2. The van der Waals surface area contributed by atoms with Gasteiger partial charge in [0.05, 0.1) is 18.6 Å². The summed E-state index contributed by atoms with van der Waals surface area (Å²) < 4.78 is 32.1. The molecule has 2 aromatic carbocycles. The molecule has 0 fully saturated rings. The molecular formula is C23H31N3O5S. The molecule has 1 atom stereocenters. The second kappa shape index (κ2) is 11.1. The first-order valence-electron chi connectivity index (χ1n) is 10.3. The number of amides is 2. The lowest BCUT2D eigenvalue weighted by Gasteiger charge is -2.31. The fraction of sp³-hybridized carbons (Fsp3) is 0.391. The van der Waals surface area contributed by atoms with Gasteiger partial charge in [-0.15, -0.1) is 0 Å². The lowest BCUT2D eigenvalue weighted by atomic mass is 10.1. The average Bonchev–Trinajstić information content (AvgIpc) is 2.78. The van der Waals surface area contributed by atoms with Crippen LogP contribution < -0.4 is 10.1 Å². The molecule has 2 aromatic rings. The molecule has 8 nitrogen and oxygen atoms in total. The van der Waals surface area contributed by atoms with Crippen LogP contribution in [0.2, 0.25) is 0 Å². The maximum absolute atomic E-state index is 13.3. The smallest absolute Gasteiger partial charge is 0.243 e. The van der Waals surface area contributed by atoms with E-state index >= 15 is 0 Å². The molecule has 0 saturated heterocycles. The Morgan fingerprint density at radius 1 is 1.12 bits per heavy atom. The Bertz CT molecular complexity index is 1040. The van der Waals surface area contributed by atoms with Gasteiger partial charge in [-0.05, 0) is 43.2 Å². The number of benzene rings is 2. The van der Waals surface area contributed by atoms with E-state index in [-0.39, 0.29) is 17.3 Å². The molecule has 0 heterocycles. The molecule has 9 heteroatoms. The van der Waals surface area contributed by atoms with E-state index < -0.39 is 28.5 Å². The van der Waals surface area contributed by atoms with Crippen LogP contribution in [0, 0.1) is 6.92 Å². The Labute approximate surface area is 190 Å². The molecule has 0 aliphatic heterocycles. The Balaban J connectivity index is 2.31. The molecule has 0 radical (unpaired) electrons. The average molecular weight is 462 g/mol. The van der Waals surface area contributed by atoms with Crippen molar-refractivity contribution in [2.24, 2.45) is 0 Å². The van der Waals surface area contributed by atoms with E-state index in [4.69, 9.17) is 4.74 Å². The predicted octanol–water partition coefficient (Wildman–Crippen LogP) is 2.18. The van der Waals surface area contributed by atoms with E-state index in [0.717, 1.165) is 15.4 Å². The summed E-state index contributed by atoms with van der Waals surface area (Å²) in [4.78, 5) is 27.3. The molecule has 0 aromatic heterocycles. The van der Waals surface area contributed by atoms with Gasteiger partial charge in [0, 0.05) is 20.6 Å². The van der Waals surface area contributed by atoms with Crippen molar-refractivity contribution in [1.29, 1.82) is 0 Å². The zero-order valence-electron chi connectivity index (χ0n) is 19.2. The zero-order chi connectivity index (χ0) is 23.9. The number of hydrogen-bond acceptors (Lipinski definition) is 5. The van der Waals surface area contributed by atoms with Crippen LogP contribution in [-0.4, -0.2) is 63.2 Å². The van der Waals surface area contributed by atoms with Crippen LogP contribution in [-0.2, 0) is 26.2 Å². The summed E-state index contributed by atoms with van der Waals surface area (Å²) in [6, 6.07) is 12.9. The molecule has 32 heavy (non-hydrogen) atoms. The molecule has 2 rings (SSSR count). The lowest BCUT2D eigenvalue weighted by Crippen LogP contribution is -2.51. The van der Waals surface area contributed by atoms with Gasteiger partial charge in [-0.25, -0.2) is 8.42 Å². The van der Waals surface area contributed by atoms with Gasteiger partial charge in [0.25, 0.3) is 0 Å². The minimum atomic E-state index is -3.86. The molecule has 0 aliphatic carbocycles. The summed E-state index contributed by atoms with van der Waals surface area (Å²) in [5.74, 6) is -0.156. The van der Waals surface area contributed by atoms with E-state index in [0.29, 0.717) is 12.2 Å². The summed E-state index contributed by atoms with van der Waals surface area (Å²) in [6.07, 6.45) is 0.379. The number of ether oxygens (including phenoxy) is 1. The van der Waals surface area contributed by atoms with Gasteiger partial charge in [-0.2, -0.15) is 4.31 Å². The lowest BCUT2D eigenvalue weighted by molar-refractivity contribution is -0.141. The molecule has 1 N–H and O–H groups in total. The molecule has 0 unspecified atom stereocenters. The molecule has 174 valence electrons. The summed E-state index contributed by atoms with van der Waals surface area (Å²) in [5.41, 5.74) is 1.70. The number of methoxy groups -OCH3 is 1. The highest BCUT2D eigenvalue weighted by Gasteiger charge is 2.31. The quantitative estimate of drug-likeness (QED) is 0.585. The number of sulfonamides is 1. The number of hydrogen-bond donors (Lipinski definition) is 1. The first-order chi connectivity index (χ1) is 15.1. The highest BCUT2D eigenvalue weighted by Crippen LogP contribution is 2.19. The standard InChI is InChI=1S/C23H31N3O5S/c1-6-21(23(28)24-3)26(15-18-8-7-9-19(14-18)31-5)22(27)16-25(4)32(29,30)20-12-10-17(2)11-13-20/h7-14,21H,6,15-16H2,1-5H3,(H,24,28)/t21-/m0/s1. The van der Waals surface area contributed by atoms with Crippen molar-refractivity contribution in [1.82, 2.24) is 14.5 Å². The fourth-order valence-electron chi connectivity index (χ4n) is 3.31. The van der Waals surface area contributed by atoms with Gasteiger partial charge in [0.2, 0.25) is 21.8 Å². The van der Waals surface area contributed by atoms with Crippen LogP contribution in [0.3, 0.4) is 0 Å².